The summed E-state index contributed by atoms with van der Waals surface area (Å²) >= 11 is 0. The second-order valence-corrected chi connectivity index (χ2v) is 11.5. The molecule has 0 radical (unpaired) electrons. The van der Waals surface area contributed by atoms with Crippen LogP contribution in [0.15, 0.2) is 103 Å². The number of carbonyl (C=O) groups excluding carboxylic acids is 2. The zero-order valence-corrected chi connectivity index (χ0v) is 23.7. The standard InChI is InChI=1S/C36H35N3O3/c40-35(29-13-11-28(12-14-29)27-9-5-2-6-10-27)38-21-19-37(20-22-38)31-15-16-32-30-17-18-39(34(23-30)33(32)24-31)36(41)42-25-26-7-3-1-4-8-26/h1-16,24,30,34H,17-23,25H2/t30-,34-/m1/s1. The molecule has 3 aliphatic rings. The first kappa shape index (κ1) is 26.3. The Morgan fingerprint density at radius 2 is 1.40 bits per heavy atom. The molecule has 0 saturated carbocycles. The molecule has 7 rings (SSSR count). The van der Waals surface area contributed by atoms with Gasteiger partial charge in [0.1, 0.15) is 6.61 Å². The van der Waals surface area contributed by atoms with E-state index in [1.54, 1.807) is 0 Å². The van der Waals surface area contributed by atoms with Gasteiger partial charge in [0, 0.05) is 44.0 Å². The van der Waals surface area contributed by atoms with Crippen LogP contribution < -0.4 is 4.90 Å². The van der Waals surface area contributed by atoms with Gasteiger partial charge in [-0.2, -0.15) is 0 Å². The number of amides is 2. The Balaban J connectivity index is 0.993. The summed E-state index contributed by atoms with van der Waals surface area (Å²) in [6, 6.07) is 34.8. The molecule has 4 aromatic carbocycles. The summed E-state index contributed by atoms with van der Waals surface area (Å²) in [5.41, 5.74) is 7.78. The number of ether oxygens (including phenoxy) is 1. The van der Waals surface area contributed by atoms with Crippen LogP contribution in [0.1, 0.15) is 51.8 Å². The Morgan fingerprint density at radius 3 is 2.14 bits per heavy atom. The van der Waals surface area contributed by atoms with Gasteiger partial charge in [-0.15, -0.1) is 0 Å². The van der Waals surface area contributed by atoms with Crippen LogP contribution in [0.4, 0.5) is 10.5 Å². The first-order valence-electron chi connectivity index (χ1n) is 14.9. The third-order valence-corrected chi connectivity index (χ3v) is 9.08. The molecule has 2 amide bonds. The summed E-state index contributed by atoms with van der Waals surface area (Å²) < 4.78 is 5.72. The highest BCUT2D eigenvalue weighted by Gasteiger charge is 2.41. The molecule has 2 bridgehead atoms. The number of hydrogen-bond donors (Lipinski definition) is 0. The van der Waals surface area contributed by atoms with Crippen molar-refractivity contribution >= 4 is 17.7 Å². The van der Waals surface area contributed by atoms with Crippen molar-refractivity contribution in [1.82, 2.24) is 9.80 Å². The number of nitrogens with zero attached hydrogens (tertiary/aromatic N) is 3. The molecular formula is C36H35N3O3. The number of carbonyl (C=O) groups is 2. The first-order chi connectivity index (χ1) is 20.6. The lowest BCUT2D eigenvalue weighted by Gasteiger charge is -2.36. The topological polar surface area (TPSA) is 53.1 Å². The molecule has 2 aliphatic heterocycles. The van der Waals surface area contributed by atoms with Crippen molar-refractivity contribution in [3.8, 4) is 11.1 Å². The van der Waals surface area contributed by atoms with E-state index in [1.807, 2.05) is 82.6 Å². The number of rotatable bonds is 5. The lowest BCUT2D eigenvalue weighted by molar-refractivity contribution is 0.0694. The minimum absolute atomic E-state index is 0.0590. The first-order valence-corrected chi connectivity index (χ1v) is 14.9. The predicted octanol–water partition coefficient (Wildman–Crippen LogP) is 6.89. The molecule has 2 fully saturated rings. The number of likely N-dealkylation sites (tertiary alicyclic amines) is 1. The van der Waals surface area contributed by atoms with Crippen molar-refractivity contribution in [3.05, 3.63) is 125 Å². The molecule has 212 valence electrons. The molecule has 2 heterocycles. The minimum atomic E-state index is -0.232. The van der Waals surface area contributed by atoms with E-state index in [0.29, 0.717) is 25.6 Å². The summed E-state index contributed by atoms with van der Waals surface area (Å²) in [6.07, 6.45) is 1.70. The van der Waals surface area contributed by atoms with Crippen molar-refractivity contribution in [1.29, 1.82) is 0 Å². The van der Waals surface area contributed by atoms with E-state index in [2.05, 4.69) is 35.2 Å². The van der Waals surface area contributed by atoms with Crippen molar-refractivity contribution in [2.75, 3.05) is 37.6 Å². The fourth-order valence-corrected chi connectivity index (χ4v) is 6.77. The van der Waals surface area contributed by atoms with Crippen LogP contribution in [0.5, 0.6) is 0 Å². The van der Waals surface area contributed by atoms with E-state index in [9.17, 15) is 9.59 Å². The summed E-state index contributed by atoms with van der Waals surface area (Å²) in [4.78, 5) is 32.6. The summed E-state index contributed by atoms with van der Waals surface area (Å²) in [7, 11) is 0. The van der Waals surface area contributed by atoms with Crippen LogP contribution in [0, 0.1) is 0 Å². The minimum Gasteiger partial charge on any atom is -0.445 e. The third kappa shape index (κ3) is 5.13. The molecule has 0 spiro atoms. The molecule has 1 aliphatic carbocycles. The molecular weight excluding hydrogens is 522 g/mol. The van der Waals surface area contributed by atoms with Gasteiger partial charge in [-0.1, -0.05) is 78.9 Å². The lowest BCUT2D eigenvalue weighted by Crippen LogP contribution is -2.48. The highest BCUT2D eigenvalue weighted by Crippen LogP contribution is 2.50. The van der Waals surface area contributed by atoms with E-state index < -0.39 is 0 Å². The van der Waals surface area contributed by atoms with Gasteiger partial charge in [-0.25, -0.2) is 4.79 Å². The fourth-order valence-electron chi connectivity index (χ4n) is 6.77. The molecule has 6 heteroatoms. The Bertz CT molecular complexity index is 1560. The van der Waals surface area contributed by atoms with Gasteiger partial charge >= 0.3 is 6.09 Å². The molecule has 0 aromatic heterocycles. The van der Waals surface area contributed by atoms with Crippen LogP contribution in [-0.2, 0) is 11.3 Å². The second kappa shape index (κ2) is 11.4. The molecule has 0 unspecified atom stereocenters. The average Bonchev–Trinajstić information content (AvgIpc) is 3.34. The predicted molar refractivity (Wildman–Crippen MR) is 164 cm³/mol. The van der Waals surface area contributed by atoms with Crippen LogP contribution in [0.25, 0.3) is 11.1 Å². The van der Waals surface area contributed by atoms with Crippen LogP contribution in [0.2, 0.25) is 0 Å². The van der Waals surface area contributed by atoms with Crippen LogP contribution in [0.3, 0.4) is 0 Å². The SMILES string of the molecule is O=C(c1ccc(-c2ccccc2)cc1)N1CCN(c2ccc3c(c2)[C@H]2C[C@H]3CCN2C(=O)OCc2ccccc2)CC1. The van der Waals surface area contributed by atoms with Gasteiger partial charge in [0.2, 0.25) is 0 Å². The number of fused-ring (bicyclic) bond motifs is 5. The zero-order valence-electron chi connectivity index (χ0n) is 23.7. The lowest BCUT2D eigenvalue weighted by atomic mass is 9.96. The van der Waals surface area contributed by atoms with E-state index in [0.717, 1.165) is 54.7 Å². The maximum Gasteiger partial charge on any atom is 0.410 e. The van der Waals surface area contributed by atoms with E-state index in [4.69, 9.17) is 4.74 Å². The quantitative estimate of drug-likeness (QED) is 0.268. The Morgan fingerprint density at radius 1 is 0.714 bits per heavy atom. The molecule has 0 N–H and O–H groups in total. The molecule has 42 heavy (non-hydrogen) atoms. The summed E-state index contributed by atoms with van der Waals surface area (Å²) in [5.74, 6) is 0.585. The van der Waals surface area contributed by atoms with E-state index in [-0.39, 0.29) is 18.0 Å². The highest BCUT2D eigenvalue weighted by molar-refractivity contribution is 5.95. The molecule has 6 nitrogen and oxygen atoms in total. The van der Waals surface area contributed by atoms with Gasteiger partial charge in [0.25, 0.3) is 5.91 Å². The van der Waals surface area contributed by atoms with Crippen LogP contribution in [-0.4, -0.2) is 54.5 Å². The van der Waals surface area contributed by atoms with E-state index in [1.165, 1.54) is 16.8 Å². The maximum absolute atomic E-state index is 13.3. The average molecular weight is 558 g/mol. The number of benzene rings is 4. The second-order valence-electron chi connectivity index (χ2n) is 11.5. The highest BCUT2D eigenvalue weighted by atomic mass is 16.6. The fraction of sp³-hybridized carbons (Fsp3) is 0.278. The number of hydrogen-bond acceptors (Lipinski definition) is 4. The maximum atomic E-state index is 13.3. The van der Waals surface area contributed by atoms with Crippen molar-refractivity contribution in [3.63, 3.8) is 0 Å². The normalized spacial score (nSPS) is 19.4. The van der Waals surface area contributed by atoms with Crippen molar-refractivity contribution < 1.29 is 14.3 Å². The zero-order chi connectivity index (χ0) is 28.5. The van der Waals surface area contributed by atoms with Gasteiger partial charge in [-0.05, 0) is 70.8 Å². The monoisotopic (exact) mass is 557 g/mol. The van der Waals surface area contributed by atoms with Crippen molar-refractivity contribution in [2.24, 2.45) is 0 Å². The van der Waals surface area contributed by atoms with Gasteiger partial charge in [-0.3, -0.25) is 4.79 Å². The van der Waals surface area contributed by atoms with Crippen molar-refractivity contribution in [2.45, 2.75) is 31.4 Å². The smallest absolute Gasteiger partial charge is 0.410 e. The Labute approximate surface area is 247 Å². The number of piperazine rings is 1. The van der Waals surface area contributed by atoms with Gasteiger partial charge in [0.15, 0.2) is 0 Å². The molecule has 2 saturated heterocycles. The van der Waals surface area contributed by atoms with Gasteiger partial charge < -0.3 is 19.4 Å². The largest absolute Gasteiger partial charge is 0.445 e. The summed E-state index contributed by atoms with van der Waals surface area (Å²) in [5, 5.41) is 0. The summed E-state index contributed by atoms with van der Waals surface area (Å²) in [6.45, 7) is 3.94. The number of piperidine rings is 1. The molecule has 2 atom stereocenters. The molecule has 4 aromatic rings. The third-order valence-electron chi connectivity index (χ3n) is 9.08. The Hall–Kier alpha value is -4.58. The Kier molecular flexibility index (Phi) is 7.12. The number of anilines is 1. The van der Waals surface area contributed by atoms with Gasteiger partial charge in [0.05, 0.1) is 6.04 Å². The van der Waals surface area contributed by atoms with Crippen LogP contribution >= 0.6 is 0 Å². The van der Waals surface area contributed by atoms with E-state index >= 15 is 0 Å².